The molecule has 0 saturated carbocycles. The zero-order valence-electron chi connectivity index (χ0n) is 9.30. The summed E-state index contributed by atoms with van der Waals surface area (Å²) in [7, 11) is 1.74. The van der Waals surface area contributed by atoms with E-state index in [0.717, 1.165) is 11.1 Å². The highest BCUT2D eigenvalue weighted by Gasteiger charge is 2.22. The Labute approximate surface area is 94.0 Å². The summed E-state index contributed by atoms with van der Waals surface area (Å²) >= 11 is 5.19. The number of Topliss-reactive ketones (excluding diaryl/α,β-unsaturated/α-hetero) is 1. The standard InChI is InChI=1S/C11H14ClNO2/c1-6(2)8-5-13(4)9(7(8)3)10(14)11(12)15/h5-6H,1-4H3. The van der Waals surface area contributed by atoms with Crippen molar-refractivity contribution in [2.75, 3.05) is 0 Å². The van der Waals surface area contributed by atoms with E-state index < -0.39 is 11.0 Å². The van der Waals surface area contributed by atoms with Gasteiger partial charge in [0.05, 0.1) is 5.69 Å². The minimum absolute atomic E-state index is 0.322. The van der Waals surface area contributed by atoms with Gasteiger partial charge in [0.15, 0.2) is 0 Å². The Balaban J connectivity index is 3.31. The van der Waals surface area contributed by atoms with Gasteiger partial charge < -0.3 is 4.57 Å². The molecule has 3 nitrogen and oxygen atoms in total. The molecule has 0 aromatic carbocycles. The van der Waals surface area contributed by atoms with Crippen LogP contribution >= 0.6 is 11.6 Å². The Morgan fingerprint density at radius 2 is 1.93 bits per heavy atom. The van der Waals surface area contributed by atoms with E-state index >= 15 is 0 Å². The van der Waals surface area contributed by atoms with Gasteiger partial charge in [-0.05, 0) is 35.6 Å². The number of aryl methyl sites for hydroxylation is 1. The number of hydrogen-bond acceptors (Lipinski definition) is 2. The van der Waals surface area contributed by atoms with Crippen molar-refractivity contribution in [1.29, 1.82) is 0 Å². The molecule has 0 unspecified atom stereocenters. The van der Waals surface area contributed by atoms with E-state index in [9.17, 15) is 9.59 Å². The van der Waals surface area contributed by atoms with Gasteiger partial charge in [0.25, 0.3) is 11.0 Å². The van der Waals surface area contributed by atoms with Crippen molar-refractivity contribution in [3.05, 3.63) is 23.0 Å². The normalized spacial score (nSPS) is 10.8. The summed E-state index contributed by atoms with van der Waals surface area (Å²) in [5, 5.41) is -0.936. The minimum Gasteiger partial charge on any atom is -0.347 e. The Hall–Kier alpha value is -1.09. The lowest BCUT2D eigenvalue weighted by molar-refractivity contribution is -0.108. The van der Waals surface area contributed by atoms with Crippen LogP contribution in [0.3, 0.4) is 0 Å². The number of aromatic nitrogens is 1. The summed E-state index contributed by atoms with van der Waals surface area (Å²) in [4.78, 5) is 22.4. The zero-order chi connectivity index (χ0) is 11.7. The first-order chi connectivity index (χ1) is 6.86. The Bertz CT molecular complexity index is 418. The molecule has 0 aliphatic carbocycles. The number of nitrogens with zero attached hydrogens (tertiary/aromatic N) is 1. The number of carbonyl (C=O) groups excluding carboxylic acids is 2. The molecule has 1 heterocycles. The molecule has 0 amide bonds. The van der Waals surface area contributed by atoms with Crippen molar-refractivity contribution in [3.63, 3.8) is 0 Å². The van der Waals surface area contributed by atoms with Crippen molar-refractivity contribution < 1.29 is 9.59 Å². The lowest BCUT2D eigenvalue weighted by Gasteiger charge is -2.03. The second-order valence-electron chi connectivity index (χ2n) is 3.93. The molecule has 1 aromatic heterocycles. The highest BCUT2D eigenvalue weighted by atomic mass is 35.5. The average Bonchev–Trinajstić information content (AvgIpc) is 2.41. The highest BCUT2D eigenvalue weighted by molar-refractivity contribution is 6.83. The summed E-state index contributed by atoms with van der Waals surface area (Å²) in [5.41, 5.74) is 2.30. The van der Waals surface area contributed by atoms with Crippen LogP contribution in [0.15, 0.2) is 6.20 Å². The summed E-state index contributed by atoms with van der Waals surface area (Å²) in [6, 6.07) is 0. The van der Waals surface area contributed by atoms with Crippen LogP contribution in [0.25, 0.3) is 0 Å². The van der Waals surface area contributed by atoms with Crippen molar-refractivity contribution in [2.24, 2.45) is 7.05 Å². The number of hydrogen-bond donors (Lipinski definition) is 0. The quantitative estimate of drug-likeness (QED) is 0.452. The molecule has 0 atom stereocenters. The van der Waals surface area contributed by atoms with Gasteiger partial charge in [-0.2, -0.15) is 0 Å². The highest BCUT2D eigenvalue weighted by Crippen LogP contribution is 2.24. The second kappa shape index (κ2) is 4.19. The fraction of sp³-hybridized carbons (Fsp3) is 0.455. The number of halogens is 1. The molecule has 0 spiro atoms. The van der Waals surface area contributed by atoms with Gasteiger partial charge >= 0.3 is 0 Å². The molecule has 0 saturated heterocycles. The van der Waals surface area contributed by atoms with Gasteiger partial charge in [0, 0.05) is 13.2 Å². The van der Waals surface area contributed by atoms with Gasteiger partial charge in [0.1, 0.15) is 0 Å². The first-order valence-electron chi connectivity index (χ1n) is 4.76. The summed E-state index contributed by atoms with van der Waals surface area (Å²) in [5.74, 6) is -0.313. The maximum Gasteiger partial charge on any atom is 0.294 e. The minimum atomic E-state index is -0.936. The molecule has 15 heavy (non-hydrogen) atoms. The van der Waals surface area contributed by atoms with Crippen LogP contribution in [0.1, 0.15) is 41.4 Å². The Kier molecular flexibility index (Phi) is 3.35. The fourth-order valence-corrected chi connectivity index (χ4v) is 1.87. The van der Waals surface area contributed by atoms with Crippen LogP contribution in [0.5, 0.6) is 0 Å². The third-order valence-electron chi connectivity index (χ3n) is 2.49. The predicted molar refractivity (Wildman–Crippen MR) is 59.4 cm³/mol. The Morgan fingerprint density at radius 1 is 1.40 bits per heavy atom. The maximum absolute atomic E-state index is 11.5. The van der Waals surface area contributed by atoms with Gasteiger partial charge in [-0.25, -0.2) is 0 Å². The topological polar surface area (TPSA) is 39.1 Å². The average molecular weight is 228 g/mol. The fourth-order valence-electron chi connectivity index (χ4n) is 1.78. The van der Waals surface area contributed by atoms with Gasteiger partial charge in [-0.1, -0.05) is 13.8 Å². The predicted octanol–water partition coefficient (Wildman–Crippen LogP) is 2.41. The van der Waals surface area contributed by atoms with Crippen molar-refractivity contribution in [1.82, 2.24) is 4.57 Å². The molecular formula is C11H14ClNO2. The molecular weight excluding hydrogens is 214 g/mol. The largest absolute Gasteiger partial charge is 0.347 e. The summed E-state index contributed by atoms with van der Waals surface area (Å²) in [6.07, 6.45) is 1.87. The summed E-state index contributed by atoms with van der Waals surface area (Å²) in [6.45, 7) is 5.92. The molecule has 4 heteroatoms. The van der Waals surface area contributed by atoms with Gasteiger partial charge in [0.2, 0.25) is 0 Å². The van der Waals surface area contributed by atoms with Crippen LogP contribution in [-0.2, 0) is 11.8 Å². The lowest BCUT2D eigenvalue weighted by Crippen LogP contribution is -2.13. The molecule has 0 aliphatic rings. The maximum atomic E-state index is 11.5. The van der Waals surface area contributed by atoms with Crippen LogP contribution in [-0.4, -0.2) is 15.6 Å². The van der Waals surface area contributed by atoms with E-state index in [1.54, 1.807) is 11.6 Å². The zero-order valence-corrected chi connectivity index (χ0v) is 10.1. The molecule has 0 N–H and O–H groups in total. The van der Waals surface area contributed by atoms with Crippen LogP contribution in [0, 0.1) is 6.92 Å². The van der Waals surface area contributed by atoms with E-state index in [1.165, 1.54) is 0 Å². The smallest absolute Gasteiger partial charge is 0.294 e. The van der Waals surface area contributed by atoms with E-state index in [1.807, 2.05) is 27.0 Å². The molecule has 82 valence electrons. The van der Waals surface area contributed by atoms with E-state index in [4.69, 9.17) is 11.6 Å². The van der Waals surface area contributed by atoms with Crippen molar-refractivity contribution >= 4 is 22.6 Å². The van der Waals surface area contributed by atoms with E-state index in [2.05, 4.69) is 0 Å². The third-order valence-corrected chi connectivity index (χ3v) is 2.66. The monoisotopic (exact) mass is 227 g/mol. The third kappa shape index (κ3) is 2.12. The van der Waals surface area contributed by atoms with Crippen LogP contribution in [0.4, 0.5) is 0 Å². The van der Waals surface area contributed by atoms with E-state index in [0.29, 0.717) is 11.6 Å². The number of rotatable bonds is 3. The van der Waals surface area contributed by atoms with Crippen molar-refractivity contribution in [2.45, 2.75) is 26.7 Å². The lowest BCUT2D eigenvalue weighted by atomic mass is 10.0. The molecule has 1 rings (SSSR count). The molecule has 0 aliphatic heterocycles. The van der Waals surface area contributed by atoms with Crippen molar-refractivity contribution in [3.8, 4) is 0 Å². The number of ketones is 1. The first-order valence-corrected chi connectivity index (χ1v) is 5.14. The molecule has 0 fully saturated rings. The van der Waals surface area contributed by atoms with E-state index in [-0.39, 0.29) is 0 Å². The first kappa shape index (κ1) is 12.0. The summed E-state index contributed by atoms with van der Waals surface area (Å²) < 4.78 is 1.66. The molecule has 1 aromatic rings. The SMILES string of the molecule is Cc1c(C(C)C)cn(C)c1C(=O)C(=O)Cl. The Morgan fingerprint density at radius 3 is 2.27 bits per heavy atom. The molecule has 0 radical (unpaired) electrons. The van der Waals surface area contributed by atoms with Crippen LogP contribution < -0.4 is 0 Å². The van der Waals surface area contributed by atoms with Gasteiger partial charge in [-0.15, -0.1) is 0 Å². The van der Waals surface area contributed by atoms with Crippen LogP contribution in [0.2, 0.25) is 0 Å². The number of carbonyl (C=O) groups is 2. The molecule has 0 bridgehead atoms. The second-order valence-corrected chi connectivity index (χ2v) is 4.27. The van der Waals surface area contributed by atoms with Gasteiger partial charge in [-0.3, -0.25) is 9.59 Å².